The van der Waals surface area contributed by atoms with E-state index in [1.165, 1.54) is 11.3 Å². The second kappa shape index (κ2) is 12.8. The van der Waals surface area contributed by atoms with Gasteiger partial charge in [0, 0.05) is 25.4 Å². The molecule has 0 aliphatic heterocycles. The van der Waals surface area contributed by atoms with Gasteiger partial charge in [0.05, 0.1) is 31.1 Å². The van der Waals surface area contributed by atoms with Crippen molar-refractivity contribution in [3.05, 3.63) is 39.8 Å². The minimum Gasteiger partial charge on any atom is -0.379 e. The Morgan fingerprint density at radius 2 is 1.74 bits per heavy atom. The van der Waals surface area contributed by atoms with Crippen LogP contribution in [0.5, 0.6) is 0 Å². The average Bonchev–Trinajstić information content (AvgIpc) is 3.09. The van der Waals surface area contributed by atoms with Gasteiger partial charge in [0.2, 0.25) is 0 Å². The summed E-state index contributed by atoms with van der Waals surface area (Å²) in [6.45, 7) is 12.3. The molecule has 1 aromatic carbocycles. The molecule has 2 aromatic rings. The molecule has 0 saturated heterocycles. The van der Waals surface area contributed by atoms with Crippen molar-refractivity contribution in [3.63, 3.8) is 0 Å². The van der Waals surface area contributed by atoms with E-state index in [0.29, 0.717) is 40.8 Å². The van der Waals surface area contributed by atoms with Crippen molar-refractivity contribution in [2.75, 3.05) is 44.4 Å². The van der Waals surface area contributed by atoms with E-state index in [0.717, 1.165) is 43.1 Å². The molecule has 0 N–H and O–H groups in total. The molecule has 0 aliphatic carbocycles. The first-order valence-corrected chi connectivity index (χ1v) is 11.2. The maximum absolute atomic E-state index is 9.35. The van der Waals surface area contributed by atoms with Crippen LogP contribution in [0.3, 0.4) is 0 Å². The molecule has 2 rings (SSSR count). The van der Waals surface area contributed by atoms with Crippen molar-refractivity contribution in [2.24, 2.45) is 10.2 Å². The number of rotatable bonds is 12. The van der Waals surface area contributed by atoms with Crippen LogP contribution < -0.4 is 4.90 Å². The molecule has 0 amide bonds. The SMILES string of the molecule is CCCOCCOCCN(CC)c1ccc(N=Nc2sc(C#N)c(C)c2C#N)c(C)c1. The molecule has 0 aliphatic rings. The van der Waals surface area contributed by atoms with E-state index < -0.39 is 0 Å². The van der Waals surface area contributed by atoms with Gasteiger partial charge in [0.1, 0.15) is 17.0 Å². The fraction of sp³-hybridized carbons (Fsp3) is 0.478. The number of likely N-dealkylation sites (N-methyl/N-ethyl adjacent to an activating group) is 1. The summed E-state index contributed by atoms with van der Waals surface area (Å²) < 4.78 is 11.1. The van der Waals surface area contributed by atoms with E-state index in [9.17, 15) is 10.5 Å². The Balaban J connectivity index is 2.01. The lowest BCUT2D eigenvalue weighted by Crippen LogP contribution is -2.27. The summed E-state index contributed by atoms with van der Waals surface area (Å²) in [5.41, 5.74) is 3.89. The van der Waals surface area contributed by atoms with Gasteiger partial charge in [-0.05, 0) is 56.5 Å². The summed E-state index contributed by atoms with van der Waals surface area (Å²) >= 11 is 1.19. The van der Waals surface area contributed by atoms with E-state index in [1.807, 2.05) is 19.1 Å². The highest BCUT2D eigenvalue weighted by Crippen LogP contribution is 2.36. The highest BCUT2D eigenvalue weighted by molar-refractivity contribution is 7.16. The van der Waals surface area contributed by atoms with Gasteiger partial charge in [-0.2, -0.15) is 10.5 Å². The number of ether oxygens (including phenoxy) is 2. The Hall–Kier alpha value is -2.78. The van der Waals surface area contributed by atoms with E-state index in [1.54, 1.807) is 6.92 Å². The molecule has 1 aromatic heterocycles. The molecule has 0 atom stereocenters. The number of thiophene rings is 1. The molecule has 8 heteroatoms. The van der Waals surface area contributed by atoms with Crippen LogP contribution in [0.2, 0.25) is 0 Å². The van der Waals surface area contributed by atoms with Crippen LogP contribution >= 0.6 is 11.3 Å². The molecular weight excluding hydrogens is 410 g/mol. The van der Waals surface area contributed by atoms with Crippen LogP contribution in [-0.2, 0) is 9.47 Å². The number of nitrogens with zero attached hydrogens (tertiary/aromatic N) is 5. The molecule has 31 heavy (non-hydrogen) atoms. The molecule has 164 valence electrons. The quantitative estimate of drug-likeness (QED) is 0.308. The first kappa shape index (κ1) is 24.5. The fourth-order valence-corrected chi connectivity index (χ4v) is 3.84. The van der Waals surface area contributed by atoms with Gasteiger partial charge in [0.15, 0.2) is 5.00 Å². The van der Waals surface area contributed by atoms with Crippen molar-refractivity contribution in [1.29, 1.82) is 10.5 Å². The Morgan fingerprint density at radius 1 is 1.00 bits per heavy atom. The molecular formula is C23H29N5O2S. The first-order chi connectivity index (χ1) is 15.0. The molecule has 0 radical (unpaired) electrons. The van der Waals surface area contributed by atoms with Crippen LogP contribution in [0.1, 0.15) is 41.8 Å². The standard InChI is InChI=1S/C23H29N5O2S/c1-5-10-29-12-13-30-11-9-28(6-2)19-7-8-21(17(3)14-19)26-27-23-20(15-24)18(4)22(16-25)31-23/h7-8,14H,5-6,9-13H2,1-4H3. The van der Waals surface area contributed by atoms with Crippen molar-refractivity contribution in [1.82, 2.24) is 0 Å². The topological polar surface area (TPSA) is 94.0 Å². The number of hydrogen-bond donors (Lipinski definition) is 0. The zero-order valence-electron chi connectivity index (χ0n) is 18.6. The second-order valence-electron chi connectivity index (χ2n) is 6.94. The third-order valence-electron chi connectivity index (χ3n) is 4.74. The normalized spacial score (nSPS) is 10.9. The van der Waals surface area contributed by atoms with Crippen LogP contribution in [0.4, 0.5) is 16.4 Å². The minimum absolute atomic E-state index is 0.414. The van der Waals surface area contributed by atoms with Gasteiger partial charge in [-0.25, -0.2) is 0 Å². The van der Waals surface area contributed by atoms with Gasteiger partial charge >= 0.3 is 0 Å². The number of aryl methyl sites for hydroxylation is 1. The smallest absolute Gasteiger partial charge is 0.158 e. The average molecular weight is 440 g/mol. The summed E-state index contributed by atoms with van der Waals surface area (Å²) in [6.07, 6.45) is 1.02. The summed E-state index contributed by atoms with van der Waals surface area (Å²) in [5.74, 6) is 0. The highest BCUT2D eigenvalue weighted by atomic mass is 32.1. The fourth-order valence-electron chi connectivity index (χ4n) is 2.97. The largest absolute Gasteiger partial charge is 0.379 e. The molecule has 1 heterocycles. The molecule has 0 spiro atoms. The Morgan fingerprint density at radius 3 is 2.35 bits per heavy atom. The monoisotopic (exact) mass is 439 g/mol. The van der Waals surface area contributed by atoms with Crippen LogP contribution in [0.25, 0.3) is 0 Å². The van der Waals surface area contributed by atoms with Gasteiger partial charge in [0.25, 0.3) is 0 Å². The number of anilines is 1. The van der Waals surface area contributed by atoms with Gasteiger partial charge in [-0.1, -0.05) is 6.92 Å². The predicted octanol–water partition coefficient (Wildman–Crippen LogP) is 5.79. The number of hydrogen-bond acceptors (Lipinski definition) is 8. The van der Waals surface area contributed by atoms with Crippen LogP contribution in [0, 0.1) is 36.5 Å². The summed E-state index contributed by atoms with van der Waals surface area (Å²) in [4.78, 5) is 2.74. The third kappa shape index (κ3) is 6.86. The lowest BCUT2D eigenvalue weighted by Gasteiger charge is -2.23. The summed E-state index contributed by atoms with van der Waals surface area (Å²) in [6, 6.07) is 10.2. The third-order valence-corrected chi connectivity index (χ3v) is 5.82. The van der Waals surface area contributed by atoms with E-state index in [4.69, 9.17) is 9.47 Å². The van der Waals surface area contributed by atoms with Crippen LogP contribution in [0.15, 0.2) is 28.4 Å². The lowest BCUT2D eigenvalue weighted by molar-refractivity contribution is 0.0506. The van der Waals surface area contributed by atoms with Crippen molar-refractivity contribution in [3.8, 4) is 12.1 Å². The lowest BCUT2D eigenvalue weighted by atomic mass is 10.1. The van der Waals surface area contributed by atoms with Gasteiger partial charge < -0.3 is 14.4 Å². The zero-order valence-corrected chi connectivity index (χ0v) is 19.5. The number of azo groups is 1. The Labute approximate surface area is 188 Å². The van der Waals surface area contributed by atoms with Crippen molar-refractivity contribution < 1.29 is 9.47 Å². The maximum atomic E-state index is 9.35. The minimum atomic E-state index is 0.414. The van der Waals surface area contributed by atoms with Crippen molar-refractivity contribution in [2.45, 2.75) is 34.1 Å². The summed E-state index contributed by atoms with van der Waals surface area (Å²) in [7, 11) is 0. The molecule has 0 fully saturated rings. The zero-order chi connectivity index (χ0) is 22.6. The second-order valence-corrected chi connectivity index (χ2v) is 7.93. The van der Waals surface area contributed by atoms with E-state index in [2.05, 4.69) is 47.2 Å². The molecule has 0 bridgehead atoms. The highest BCUT2D eigenvalue weighted by Gasteiger charge is 2.14. The molecule has 7 nitrogen and oxygen atoms in total. The first-order valence-electron chi connectivity index (χ1n) is 10.4. The number of benzene rings is 1. The van der Waals surface area contributed by atoms with Crippen LogP contribution in [-0.4, -0.2) is 39.5 Å². The molecule has 0 unspecified atom stereocenters. The predicted molar refractivity (Wildman–Crippen MR) is 124 cm³/mol. The maximum Gasteiger partial charge on any atom is 0.158 e. The van der Waals surface area contributed by atoms with Gasteiger partial charge in [-0.3, -0.25) is 0 Å². The Bertz CT molecular complexity index is 972. The van der Waals surface area contributed by atoms with Crippen molar-refractivity contribution >= 4 is 27.7 Å². The molecule has 0 saturated carbocycles. The summed E-state index contributed by atoms with van der Waals surface area (Å²) in [5, 5.41) is 27.6. The van der Waals surface area contributed by atoms with E-state index in [-0.39, 0.29) is 0 Å². The number of nitriles is 2. The Kier molecular flexibility index (Phi) is 10.1. The van der Waals surface area contributed by atoms with E-state index >= 15 is 0 Å². The van der Waals surface area contributed by atoms with Gasteiger partial charge in [-0.15, -0.1) is 21.6 Å².